The third-order valence-electron chi connectivity index (χ3n) is 2.83. The Morgan fingerprint density at radius 3 is 2.63 bits per heavy atom. The summed E-state index contributed by atoms with van der Waals surface area (Å²) in [7, 11) is 0. The van der Waals surface area contributed by atoms with E-state index in [4.69, 9.17) is 5.11 Å². The van der Waals surface area contributed by atoms with Gasteiger partial charge >= 0.3 is 5.97 Å². The molecule has 1 heterocycles. The van der Waals surface area contributed by atoms with Crippen LogP contribution in [0.5, 0.6) is 0 Å². The standard InChI is InChI=1S/C14H9FN2O2/c15-9-6-10(14(18)19)12-11(7-9)16-13(17-12)8-4-2-1-3-5-8/h1-7H,(H,16,17)(H,18,19). The first kappa shape index (κ1) is 11.4. The van der Waals surface area contributed by atoms with E-state index in [0.29, 0.717) is 11.3 Å². The molecule has 0 aliphatic heterocycles. The topological polar surface area (TPSA) is 66.0 Å². The van der Waals surface area contributed by atoms with Crippen molar-refractivity contribution in [2.45, 2.75) is 0 Å². The van der Waals surface area contributed by atoms with Gasteiger partial charge in [0.25, 0.3) is 0 Å². The van der Waals surface area contributed by atoms with Crippen LogP contribution < -0.4 is 0 Å². The second-order valence-electron chi connectivity index (χ2n) is 4.11. The Hall–Kier alpha value is -2.69. The monoisotopic (exact) mass is 256 g/mol. The quantitative estimate of drug-likeness (QED) is 0.740. The van der Waals surface area contributed by atoms with E-state index < -0.39 is 11.8 Å². The van der Waals surface area contributed by atoms with E-state index in [2.05, 4.69) is 9.97 Å². The number of nitrogens with one attached hydrogen (secondary N) is 1. The molecular formula is C14H9FN2O2. The van der Waals surface area contributed by atoms with Gasteiger partial charge in [0.05, 0.1) is 11.1 Å². The number of carboxylic acid groups (broad SMARTS) is 1. The zero-order chi connectivity index (χ0) is 13.4. The molecule has 3 aromatic rings. The summed E-state index contributed by atoms with van der Waals surface area (Å²) in [6, 6.07) is 11.5. The van der Waals surface area contributed by atoms with Crippen molar-refractivity contribution >= 4 is 17.0 Å². The van der Waals surface area contributed by atoms with Crippen LogP contribution in [-0.4, -0.2) is 21.0 Å². The molecule has 0 saturated heterocycles. The molecule has 0 spiro atoms. The Balaban J connectivity index is 2.26. The molecule has 0 saturated carbocycles. The minimum atomic E-state index is -1.20. The van der Waals surface area contributed by atoms with E-state index in [0.717, 1.165) is 11.6 Å². The largest absolute Gasteiger partial charge is 0.478 e. The van der Waals surface area contributed by atoms with Gasteiger partial charge in [-0.1, -0.05) is 30.3 Å². The van der Waals surface area contributed by atoms with E-state index >= 15 is 0 Å². The molecule has 0 aliphatic rings. The van der Waals surface area contributed by atoms with Crippen LogP contribution in [0.15, 0.2) is 42.5 Å². The van der Waals surface area contributed by atoms with Crippen molar-refractivity contribution in [3.63, 3.8) is 0 Å². The molecule has 94 valence electrons. The van der Waals surface area contributed by atoms with Crippen LogP contribution in [-0.2, 0) is 0 Å². The summed E-state index contributed by atoms with van der Waals surface area (Å²) in [5, 5.41) is 9.07. The number of H-pyrrole nitrogens is 1. The summed E-state index contributed by atoms with van der Waals surface area (Å²) in [6.45, 7) is 0. The Kier molecular flexibility index (Phi) is 2.52. The molecule has 0 fully saturated rings. The molecule has 0 unspecified atom stereocenters. The molecule has 0 aliphatic carbocycles. The summed E-state index contributed by atoms with van der Waals surface area (Å²) < 4.78 is 13.4. The minimum Gasteiger partial charge on any atom is -0.478 e. The molecule has 2 N–H and O–H groups in total. The maximum atomic E-state index is 13.4. The minimum absolute atomic E-state index is 0.145. The Morgan fingerprint density at radius 2 is 1.95 bits per heavy atom. The number of benzene rings is 2. The first-order valence-electron chi connectivity index (χ1n) is 5.63. The maximum absolute atomic E-state index is 13.4. The van der Waals surface area contributed by atoms with E-state index in [9.17, 15) is 9.18 Å². The van der Waals surface area contributed by atoms with Crippen LogP contribution in [0.3, 0.4) is 0 Å². The second kappa shape index (κ2) is 4.20. The predicted molar refractivity (Wildman–Crippen MR) is 68.4 cm³/mol. The van der Waals surface area contributed by atoms with Gasteiger partial charge in [-0.05, 0) is 12.1 Å². The normalized spacial score (nSPS) is 10.8. The number of aromatic nitrogens is 2. The van der Waals surface area contributed by atoms with Crippen LogP contribution in [0.25, 0.3) is 22.4 Å². The number of carbonyl (C=O) groups is 1. The Morgan fingerprint density at radius 1 is 1.21 bits per heavy atom. The molecule has 1 aromatic heterocycles. The Labute approximate surface area is 107 Å². The number of aromatic carboxylic acids is 1. The molecule has 0 amide bonds. The SMILES string of the molecule is O=C(O)c1cc(F)cc2[nH]c(-c3ccccc3)nc12. The number of rotatable bonds is 2. The van der Waals surface area contributed by atoms with Gasteiger partial charge in [0.15, 0.2) is 0 Å². The highest BCUT2D eigenvalue weighted by molar-refractivity contribution is 6.01. The van der Waals surface area contributed by atoms with Crippen molar-refractivity contribution in [3.8, 4) is 11.4 Å². The average Bonchev–Trinajstić information content (AvgIpc) is 2.82. The maximum Gasteiger partial charge on any atom is 0.338 e. The van der Waals surface area contributed by atoms with Crippen molar-refractivity contribution in [3.05, 3.63) is 53.8 Å². The number of hydrogen-bond donors (Lipinski definition) is 2. The number of aromatic amines is 1. The van der Waals surface area contributed by atoms with Crippen molar-refractivity contribution in [1.29, 1.82) is 0 Å². The molecule has 0 bridgehead atoms. The second-order valence-corrected chi connectivity index (χ2v) is 4.11. The molecular weight excluding hydrogens is 247 g/mol. The zero-order valence-corrected chi connectivity index (χ0v) is 9.72. The lowest BCUT2D eigenvalue weighted by molar-refractivity contribution is 0.0698. The van der Waals surface area contributed by atoms with Crippen LogP contribution in [0.4, 0.5) is 4.39 Å². The zero-order valence-electron chi connectivity index (χ0n) is 9.72. The highest BCUT2D eigenvalue weighted by Crippen LogP contribution is 2.23. The van der Waals surface area contributed by atoms with Crippen molar-refractivity contribution in [2.75, 3.05) is 0 Å². The lowest BCUT2D eigenvalue weighted by atomic mass is 10.2. The van der Waals surface area contributed by atoms with Gasteiger partial charge < -0.3 is 10.1 Å². The number of halogens is 1. The number of hydrogen-bond acceptors (Lipinski definition) is 2. The van der Waals surface area contributed by atoms with E-state index in [-0.39, 0.29) is 11.1 Å². The molecule has 0 atom stereocenters. The number of carboxylic acids is 1. The molecule has 2 aromatic carbocycles. The number of nitrogens with zero attached hydrogens (tertiary/aromatic N) is 1. The summed E-state index contributed by atoms with van der Waals surface area (Å²) in [4.78, 5) is 18.3. The Bertz CT molecular complexity index is 766. The van der Waals surface area contributed by atoms with Crippen LogP contribution in [0.2, 0.25) is 0 Å². The first-order chi connectivity index (χ1) is 9.15. The van der Waals surface area contributed by atoms with Crippen molar-refractivity contribution < 1.29 is 14.3 Å². The van der Waals surface area contributed by atoms with Crippen molar-refractivity contribution in [2.24, 2.45) is 0 Å². The van der Waals surface area contributed by atoms with Gasteiger partial charge in [-0.3, -0.25) is 0 Å². The predicted octanol–water partition coefficient (Wildman–Crippen LogP) is 3.07. The molecule has 5 heteroatoms. The van der Waals surface area contributed by atoms with Crippen molar-refractivity contribution in [1.82, 2.24) is 9.97 Å². The van der Waals surface area contributed by atoms with Gasteiger partial charge in [-0.15, -0.1) is 0 Å². The fraction of sp³-hybridized carbons (Fsp3) is 0. The third-order valence-corrected chi connectivity index (χ3v) is 2.83. The average molecular weight is 256 g/mol. The lowest BCUT2D eigenvalue weighted by Gasteiger charge is -1.95. The number of fused-ring (bicyclic) bond motifs is 1. The summed E-state index contributed by atoms with van der Waals surface area (Å²) in [6.07, 6.45) is 0. The molecule has 4 nitrogen and oxygen atoms in total. The fourth-order valence-corrected chi connectivity index (χ4v) is 1.98. The van der Waals surface area contributed by atoms with Crippen LogP contribution in [0.1, 0.15) is 10.4 Å². The van der Waals surface area contributed by atoms with Crippen LogP contribution in [0, 0.1) is 5.82 Å². The first-order valence-corrected chi connectivity index (χ1v) is 5.63. The highest BCUT2D eigenvalue weighted by atomic mass is 19.1. The summed E-state index contributed by atoms with van der Waals surface area (Å²) >= 11 is 0. The summed E-state index contributed by atoms with van der Waals surface area (Å²) in [5.74, 6) is -1.28. The van der Waals surface area contributed by atoms with Gasteiger partial charge in [0.1, 0.15) is 17.2 Å². The smallest absolute Gasteiger partial charge is 0.338 e. The van der Waals surface area contributed by atoms with E-state index in [1.807, 2.05) is 30.3 Å². The van der Waals surface area contributed by atoms with E-state index in [1.54, 1.807) is 0 Å². The number of imidazole rings is 1. The van der Waals surface area contributed by atoms with Gasteiger partial charge in [-0.2, -0.15) is 0 Å². The lowest BCUT2D eigenvalue weighted by Crippen LogP contribution is -1.98. The summed E-state index contributed by atoms with van der Waals surface area (Å²) in [5.41, 5.74) is 1.30. The van der Waals surface area contributed by atoms with Gasteiger partial charge in [0, 0.05) is 5.56 Å². The van der Waals surface area contributed by atoms with Gasteiger partial charge in [0.2, 0.25) is 0 Å². The molecule has 19 heavy (non-hydrogen) atoms. The third kappa shape index (κ3) is 1.95. The molecule has 3 rings (SSSR count). The van der Waals surface area contributed by atoms with E-state index in [1.165, 1.54) is 6.07 Å². The highest BCUT2D eigenvalue weighted by Gasteiger charge is 2.15. The fourth-order valence-electron chi connectivity index (χ4n) is 1.98. The molecule has 0 radical (unpaired) electrons. The van der Waals surface area contributed by atoms with Gasteiger partial charge in [-0.25, -0.2) is 14.2 Å². The van der Waals surface area contributed by atoms with Crippen LogP contribution >= 0.6 is 0 Å².